The van der Waals surface area contributed by atoms with Gasteiger partial charge in [-0.3, -0.25) is 9.59 Å². The van der Waals surface area contributed by atoms with Crippen molar-refractivity contribution in [3.63, 3.8) is 0 Å². The number of hydrogen-bond acceptors (Lipinski definition) is 2. The van der Waals surface area contributed by atoms with Crippen LogP contribution in [0.4, 0.5) is 0 Å². The van der Waals surface area contributed by atoms with E-state index in [1.54, 1.807) is 0 Å². The Morgan fingerprint density at radius 3 is 2.80 bits per heavy atom. The van der Waals surface area contributed by atoms with E-state index in [9.17, 15) is 9.59 Å². The lowest BCUT2D eigenvalue weighted by Crippen LogP contribution is -2.11. The summed E-state index contributed by atoms with van der Waals surface area (Å²) in [4.78, 5) is 22.2. The lowest BCUT2D eigenvalue weighted by Gasteiger charge is -2.04. The smallest absolute Gasteiger partial charge is 0.303 e. The van der Waals surface area contributed by atoms with Crippen molar-refractivity contribution in [2.45, 2.75) is 19.3 Å². The number of carboxylic acids is 1. The molecule has 15 heavy (non-hydrogen) atoms. The molecule has 0 saturated carbocycles. The van der Waals surface area contributed by atoms with Crippen molar-refractivity contribution in [2.75, 3.05) is 0 Å². The van der Waals surface area contributed by atoms with Crippen LogP contribution in [0.15, 0.2) is 24.3 Å². The van der Waals surface area contributed by atoms with E-state index < -0.39 is 5.97 Å². The minimum atomic E-state index is -0.834. The molecule has 78 valence electrons. The average molecular weight is 204 g/mol. The van der Waals surface area contributed by atoms with Gasteiger partial charge in [0.1, 0.15) is 0 Å². The number of hydrogen-bond donors (Lipinski definition) is 1. The average Bonchev–Trinajstić information content (AvgIpc) is 2.54. The van der Waals surface area contributed by atoms with Crippen LogP contribution in [0.3, 0.4) is 0 Å². The van der Waals surface area contributed by atoms with Crippen LogP contribution in [0.1, 0.15) is 28.8 Å². The number of benzene rings is 1. The maximum atomic E-state index is 11.8. The molecule has 0 fully saturated rings. The summed E-state index contributed by atoms with van der Waals surface area (Å²) in [5.41, 5.74) is 1.82. The molecule has 2 rings (SSSR count). The van der Waals surface area contributed by atoms with Crippen LogP contribution >= 0.6 is 0 Å². The van der Waals surface area contributed by atoms with Crippen molar-refractivity contribution >= 4 is 11.8 Å². The maximum absolute atomic E-state index is 11.8. The number of carbonyl (C=O) groups excluding carboxylic acids is 1. The van der Waals surface area contributed by atoms with Gasteiger partial charge in [0.2, 0.25) is 0 Å². The molecule has 1 aromatic carbocycles. The van der Waals surface area contributed by atoms with Gasteiger partial charge in [-0.1, -0.05) is 24.3 Å². The molecule has 1 atom stereocenters. The first-order valence-electron chi connectivity index (χ1n) is 5.02. The summed E-state index contributed by atoms with van der Waals surface area (Å²) in [5.74, 6) is -0.857. The zero-order valence-corrected chi connectivity index (χ0v) is 8.27. The first kappa shape index (κ1) is 9.90. The standard InChI is InChI=1S/C12H12O3/c13-11(14)6-5-9-7-8-3-1-2-4-10(8)12(9)15/h1-4,9H,5-7H2,(H,13,14). The molecule has 0 radical (unpaired) electrons. The Hall–Kier alpha value is -1.64. The van der Waals surface area contributed by atoms with Gasteiger partial charge in [0.05, 0.1) is 0 Å². The second-order valence-electron chi connectivity index (χ2n) is 3.85. The van der Waals surface area contributed by atoms with Gasteiger partial charge in [-0.2, -0.15) is 0 Å². The minimum absolute atomic E-state index is 0.0738. The number of carbonyl (C=O) groups is 2. The predicted octanol–water partition coefficient (Wildman–Crippen LogP) is 1.91. The van der Waals surface area contributed by atoms with E-state index in [-0.39, 0.29) is 18.1 Å². The van der Waals surface area contributed by atoms with Crippen LogP contribution < -0.4 is 0 Å². The molecule has 0 aliphatic heterocycles. The van der Waals surface area contributed by atoms with Crippen molar-refractivity contribution in [3.05, 3.63) is 35.4 Å². The first-order chi connectivity index (χ1) is 7.18. The monoisotopic (exact) mass is 204 g/mol. The molecule has 0 spiro atoms. The van der Waals surface area contributed by atoms with E-state index in [1.165, 1.54) is 0 Å². The van der Waals surface area contributed by atoms with Crippen molar-refractivity contribution in [2.24, 2.45) is 5.92 Å². The molecule has 0 saturated heterocycles. The fourth-order valence-corrected chi connectivity index (χ4v) is 2.05. The highest BCUT2D eigenvalue weighted by atomic mass is 16.4. The van der Waals surface area contributed by atoms with Gasteiger partial charge in [0, 0.05) is 17.9 Å². The van der Waals surface area contributed by atoms with Gasteiger partial charge < -0.3 is 5.11 Å². The molecule has 1 N–H and O–H groups in total. The fourth-order valence-electron chi connectivity index (χ4n) is 2.05. The third-order valence-corrected chi connectivity index (χ3v) is 2.83. The molecule has 0 aromatic heterocycles. The third-order valence-electron chi connectivity index (χ3n) is 2.83. The molecule has 1 unspecified atom stereocenters. The van der Waals surface area contributed by atoms with Gasteiger partial charge in [-0.05, 0) is 18.4 Å². The number of rotatable bonds is 3. The fraction of sp³-hybridized carbons (Fsp3) is 0.333. The summed E-state index contributed by atoms with van der Waals surface area (Å²) in [6.45, 7) is 0. The molecule has 0 heterocycles. The highest BCUT2D eigenvalue weighted by Gasteiger charge is 2.29. The van der Waals surface area contributed by atoms with Gasteiger partial charge in [-0.15, -0.1) is 0 Å². The second-order valence-corrected chi connectivity index (χ2v) is 3.85. The van der Waals surface area contributed by atoms with E-state index in [0.717, 1.165) is 11.1 Å². The van der Waals surface area contributed by atoms with E-state index in [1.807, 2.05) is 24.3 Å². The van der Waals surface area contributed by atoms with E-state index >= 15 is 0 Å². The maximum Gasteiger partial charge on any atom is 0.303 e. The SMILES string of the molecule is O=C(O)CCC1Cc2ccccc2C1=O. The number of ketones is 1. The van der Waals surface area contributed by atoms with Crippen molar-refractivity contribution in [1.82, 2.24) is 0 Å². The molecular weight excluding hydrogens is 192 g/mol. The zero-order chi connectivity index (χ0) is 10.8. The topological polar surface area (TPSA) is 54.4 Å². The highest BCUT2D eigenvalue weighted by molar-refractivity contribution is 6.02. The number of carboxylic acid groups (broad SMARTS) is 1. The van der Waals surface area contributed by atoms with Crippen LogP contribution in [-0.4, -0.2) is 16.9 Å². The van der Waals surface area contributed by atoms with Crippen molar-refractivity contribution in [1.29, 1.82) is 0 Å². The van der Waals surface area contributed by atoms with Crippen LogP contribution in [0, 0.1) is 5.92 Å². The summed E-state index contributed by atoms with van der Waals surface area (Å²) in [6.07, 6.45) is 1.22. The molecular formula is C12H12O3. The molecule has 0 bridgehead atoms. The Bertz CT molecular complexity index is 409. The highest BCUT2D eigenvalue weighted by Crippen LogP contribution is 2.29. The first-order valence-corrected chi connectivity index (χ1v) is 5.02. The summed E-state index contributed by atoms with van der Waals surface area (Å²) in [5, 5.41) is 8.57. The lowest BCUT2D eigenvalue weighted by molar-refractivity contribution is -0.137. The van der Waals surface area contributed by atoms with Gasteiger partial charge in [0.25, 0.3) is 0 Å². The van der Waals surface area contributed by atoms with Crippen molar-refractivity contribution < 1.29 is 14.7 Å². The molecule has 1 aliphatic rings. The third kappa shape index (κ3) is 1.91. The predicted molar refractivity (Wildman–Crippen MR) is 54.8 cm³/mol. The second kappa shape index (κ2) is 3.85. The Labute approximate surface area is 87.7 Å². The summed E-state index contributed by atoms with van der Waals surface area (Å²) < 4.78 is 0. The van der Waals surface area contributed by atoms with Crippen LogP contribution in [0.25, 0.3) is 0 Å². The Kier molecular flexibility index (Phi) is 2.54. The normalized spacial score (nSPS) is 18.9. The summed E-state index contributed by atoms with van der Waals surface area (Å²) in [7, 11) is 0. The number of Topliss-reactive ketones (excluding diaryl/α,β-unsaturated/α-hetero) is 1. The molecule has 1 aromatic rings. The number of fused-ring (bicyclic) bond motifs is 1. The van der Waals surface area contributed by atoms with Gasteiger partial charge in [-0.25, -0.2) is 0 Å². The van der Waals surface area contributed by atoms with Gasteiger partial charge in [0.15, 0.2) is 5.78 Å². The van der Waals surface area contributed by atoms with Crippen LogP contribution in [0.5, 0.6) is 0 Å². The van der Waals surface area contributed by atoms with E-state index in [0.29, 0.717) is 12.8 Å². The van der Waals surface area contributed by atoms with Gasteiger partial charge >= 0.3 is 5.97 Å². The Balaban J connectivity index is 2.10. The van der Waals surface area contributed by atoms with E-state index in [4.69, 9.17) is 5.11 Å². The largest absolute Gasteiger partial charge is 0.481 e. The quantitative estimate of drug-likeness (QED) is 0.818. The Morgan fingerprint density at radius 1 is 1.40 bits per heavy atom. The van der Waals surface area contributed by atoms with Crippen molar-refractivity contribution in [3.8, 4) is 0 Å². The summed E-state index contributed by atoms with van der Waals surface area (Å²) >= 11 is 0. The minimum Gasteiger partial charge on any atom is -0.481 e. The number of aliphatic carboxylic acids is 1. The van der Waals surface area contributed by atoms with Crippen LogP contribution in [0.2, 0.25) is 0 Å². The zero-order valence-electron chi connectivity index (χ0n) is 8.27. The van der Waals surface area contributed by atoms with E-state index in [2.05, 4.69) is 0 Å². The molecule has 3 heteroatoms. The van der Waals surface area contributed by atoms with Crippen LogP contribution in [-0.2, 0) is 11.2 Å². The summed E-state index contributed by atoms with van der Waals surface area (Å²) in [6, 6.07) is 7.51. The molecule has 1 aliphatic carbocycles. The Morgan fingerprint density at radius 2 is 2.13 bits per heavy atom. The molecule has 0 amide bonds. The molecule has 3 nitrogen and oxygen atoms in total. The lowest BCUT2D eigenvalue weighted by atomic mass is 9.99.